The van der Waals surface area contributed by atoms with E-state index in [-0.39, 0.29) is 129 Å². The summed E-state index contributed by atoms with van der Waals surface area (Å²) in [6.45, 7) is 17.9. The second kappa shape index (κ2) is 38.3. The van der Waals surface area contributed by atoms with Crippen molar-refractivity contribution in [1.29, 1.82) is 0 Å². The Kier molecular flexibility index (Phi) is 31.5. The molecule has 0 saturated carbocycles. The molecule has 1 fully saturated rings. The highest BCUT2D eigenvalue weighted by Crippen LogP contribution is 2.31. The average Bonchev–Trinajstić information content (AvgIpc) is 1.32. The van der Waals surface area contributed by atoms with Crippen LogP contribution in [0.4, 0.5) is 4.79 Å². The van der Waals surface area contributed by atoms with Crippen molar-refractivity contribution in [2.45, 2.75) is 201 Å². The number of nitrogens with zero attached hydrogens (tertiary/aromatic N) is 5. The van der Waals surface area contributed by atoms with E-state index in [2.05, 4.69) is 26.3 Å². The van der Waals surface area contributed by atoms with E-state index in [0.717, 1.165) is 15.8 Å². The molecule has 0 radical (unpaired) electrons. The van der Waals surface area contributed by atoms with Crippen molar-refractivity contribution in [1.82, 2.24) is 45.9 Å². The quantitative estimate of drug-likeness (QED) is 0.0300. The molecule has 6 N–H and O–H groups in total. The number of likely N-dealkylation sites (tertiary alicyclic amines) is 1. The molecule has 11 atom stereocenters. The maximum Gasteiger partial charge on any atom is 0.312 e. The molecule has 23 heteroatoms. The van der Waals surface area contributed by atoms with Gasteiger partial charge in [-0.05, 0) is 112 Å². The summed E-state index contributed by atoms with van der Waals surface area (Å²) in [6, 6.07) is 11.4. The van der Waals surface area contributed by atoms with Crippen molar-refractivity contribution in [3.63, 3.8) is 0 Å². The van der Waals surface area contributed by atoms with Crippen LogP contribution in [-0.4, -0.2) is 193 Å². The first-order chi connectivity index (χ1) is 45.5. The standard InChI is InChI=1S/C73H108N10O13/c1-15-47(8)67(81(12)72(93)65(45(4)5)79-71(92)66(46(6)7)80(10)11)61(95-13)42-64(89)82-36-22-27-58(82)68(96-14)48(9)69(90)78-57(60(86)40-51-37-52-23-18-19-25-55(52)76-43-51)38-49-28-30-50(31-29-49)39-59(85)56(26-21-34-75-73(74)94)77-70(91)54(44(2)3)41-53(84)24-17-16-20-35-83-62(87)32-33-63(83)88/h18-19,23,25,28-33,37,43-48,54,56-58,61,65-68H,15-17,20-22,24,26-27,34-36,38-42H2,1-14H3,(H,77,91)(H,78,90)(H,79,92)(H3,74,75,94)/t47-,48+,54+,56?,57?,58-,61+,65?,66-,67?,68+/m0/s1. The van der Waals surface area contributed by atoms with Crippen molar-refractivity contribution < 1.29 is 62.2 Å². The lowest BCUT2D eigenvalue weighted by Gasteiger charge is -2.41. The van der Waals surface area contributed by atoms with Crippen molar-refractivity contribution in [2.24, 2.45) is 41.2 Å². The highest BCUT2D eigenvalue weighted by atomic mass is 16.5. The first-order valence-corrected chi connectivity index (χ1v) is 34.3. The minimum Gasteiger partial charge on any atom is -0.379 e. The zero-order valence-electron chi connectivity index (χ0n) is 59.2. The van der Waals surface area contributed by atoms with Crippen LogP contribution in [0.2, 0.25) is 0 Å². The first kappa shape index (κ1) is 78.9. The van der Waals surface area contributed by atoms with Crippen LogP contribution in [0.15, 0.2) is 72.9 Å². The summed E-state index contributed by atoms with van der Waals surface area (Å²) >= 11 is 0. The molecule has 5 rings (SSSR count). The maximum atomic E-state index is 14.8. The van der Waals surface area contributed by atoms with Gasteiger partial charge in [0.2, 0.25) is 29.5 Å². The summed E-state index contributed by atoms with van der Waals surface area (Å²) in [5.41, 5.74) is 8.01. The Balaban J connectivity index is 1.31. The van der Waals surface area contributed by atoms with Gasteiger partial charge in [0.05, 0.1) is 60.3 Å². The number of nitrogens with two attached hydrogens (primary N) is 1. The van der Waals surface area contributed by atoms with E-state index in [1.807, 2.05) is 105 Å². The molecule has 0 bridgehead atoms. The van der Waals surface area contributed by atoms with E-state index < -0.39 is 78.1 Å². The number of pyridine rings is 1. The highest BCUT2D eigenvalue weighted by Gasteiger charge is 2.44. The number of Topliss-reactive ketones (excluding diaryl/α,β-unsaturated/α-hetero) is 3. The number of likely N-dealkylation sites (N-methyl/N-ethyl adjacent to an activating group) is 2. The number of ketones is 3. The predicted octanol–water partition coefficient (Wildman–Crippen LogP) is 6.48. The molecule has 96 heavy (non-hydrogen) atoms. The van der Waals surface area contributed by atoms with Gasteiger partial charge in [-0.2, -0.15) is 0 Å². The normalized spacial score (nSPS) is 17.2. The minimum atomic E-state index is -1.04. The molecule has 528 valence electrons. The number of fused-ring (bicyclic) bond motifs is 1. The van der Waals surface area contributed by atoms with Crippen LogP contribution < -0.4 is 27.0 Å². The number of imide groups is 1. The molecule has 2 aliphatic heterocycles. The molecular formula is C73H108N10O13. The minimum absolute atomic E-state index is 0.0108. The predicted molar refractivity (Wildman–Crippen MR) is 367 cm³/mol. The third-order valence-corrected chi connectivity index (χ3v) is 19.0. The highest BCUT2D eigenvalue weighted by molar-refractivity contribution is 6.12. The summed E-state index contributed by atoms with van der Waals surface area (Å²) in [5, 5.41) is 12.4. The number of ether oxygens (including phenoxy) is 2. The van der Waals surface area contributed by atoms with Crippen LogP contribution in [0, 0.1) is 35.5 Å². The topological polar surface area (TPSA) is 306 Å². The zero-order chi connectivity index (χ0) is 71.1. The molecule has 3 heterocycles. The Hall–Kier alpha value is -7.76. The van der Waals surface area contributed by atoms with Crippen LogP contribution >= 0.6 is 0 Å². The summed E-state index contributed by atoms with van der Waals surface area (Å²) in [7, 11) is 8.40. The van der Waals surface area contributed by atoms with Gasteiger partial charge < -0.3 is 46.3 Å². The van der Waals surface area contributed by atoms with Gasteiger partial charge >= 0.3 is 6.03 Å². The van der Waals surface area contributed by atoms with Crippen LogP contribution in [0.5, 0.6) is 0 Å². The van der Waals surface area contributed by atoms with Gasteiger partial charge in [0, 0.05) is 96.2 Å². The summed E-state index contributed by atoms with van der Waals surface area (Å²) in [5.74, 6) is -5.34. The molecule has 1 saturated heterocycles. The van der Waals surface area contributed by atoms with Gasteiger partial charge in [0.1, 0.15) is 11.8 Å². The molecule has 4 unspecified atom stereocenters. The number of hydrogen-bond acceptors (Lipinski definition) is 15. The van der Waals surface area contributed by atoms with Crippen LogP contribution in [0.25, 0.3) is 10.9 Å². The van der Waals surface area contributed by atoms with Crippen molar-refractivity contribution >= 4 is 75.6 Å². The number of carbonyl (C=O) groups excluding carboxylic acids is 11. The Bertz CT molecular complexity index is 3160. The average molecular weight is 1330 g/mol. The Morgan fingerprint density at radius 1 is 0.708 bits per heavy atom. The van der Waals surface area contributed by atoms with Crippen molar-refractivity contribution in [3.05, 3.63) is 89.6 Å². The maximum absolute atomic E-state index is 14.8. The monoisotopic (exact) mass is 1330 g/mol. The number of nitrogens with one attached hydrogen (secondary N) is 4. The lowest BCUT2D eigenvalue weighted by Crippen LogP contribution is -2.59. The molecule has 3 aromatic rings. The third-order valence-electron chi connectivity index (χ3n) is 19.0. The van der Waals surface area contributed by atoms with Gasteiger partial charge in [-0.15, -0.1) is 0 Å². The van der Waals surface area contributed by atoms with Gasteiger partial charge in [-0.25, -0.2) is 4.79 Å². The SMILES string of the molecule is CC[C@H](C)C([C@@H](CC(=O)N1CCC[C@H]1[C@H](OC)[C@@H](C)C(=O)NC(Cc1ccc(CC(=O)C(CCCNC(N)=O)NC(=O)[C@H](CC(=O)CCCCCN2C(=O)C=CC2=O)C(C)C)cc1)C(=O)Cc1cnc2ccccc2c1)OC)N(C)C(=O)C(NC(=O)[C@H](C(C)C)N(C)C)C(C)C. The third kappa shape index (κ3) is 22.7. The number of methoxy groups -OCH3 is 2. The first-order valence-electron chi connectivity index (χ1n) is 34.3. The van der Waals surface area contributed by atoms with E-state index in [1.54, 1.807) is 54.2 Å². The number of carbonyl (C=O) groups is 11. The Labute approximate surface area is 567 Å². The second-order valence-corrected chi connectivity index (χ2v) is 27.4. The van der Waals surface area contributed by atoms with Crippen molar-refractivity contribution in [3.8, 4) is 0 Å². The summed E-state index contributed by atoms with van der Waals surface area (Å²) in [4.78, 5) is 160. The lowest BCUT2D eigenvalue weighted by atomic mass is 9.88. The fourth-order valence-electron chi connectivity index (χ4n) is 13.4. The van der Waals surface area contributed by atoms with Crippen LogP contribution in [-0.2, 0) is 76.7 Å². The van der Waals surface area contributed by atoms with Gasteiger partial charge in [0.25, 0.3) is 11.8 Å². The number of aromatic nitrogens is 1. The zero-order valence-corrected chi connectivity index (χ0v) is 59.2. The molecule has 23 nitrogen and oxygen atoms in total. The number of primary amides is 1. The van der Waals surface area contributed by atoms with Gasteiger partial charge in [-0.3, -0.25) is 62.7 Å². The number of hydrogen-bond donors (Lipinski definition) is 5. The number of amides is 9. The van der Waals surface area contributed by atoms with Gasteiger partial charge in [-0.1, -0.05) is 118 Å². The summed E-state index contributed by atoms with van der Waals surface area (Å²) in [6.07, 6.45) is 6.57. The molecule has 2 aromatic carbocycles. The van der Waals surface area contributed by atoms with E-state index in [9.17, 15) is 52.7 Å². The fourth-order valence-corrected chi connectivity index (χ4v) is 13.4. The fraction of sp³-hybridized carbons (Fsp3) is 0.616. The van der Waals surface area contributed by atoms with E-state index in [4.69, 9.17) is 15.2 Å². The molecule has 0 spiro atoms. The molecule has 0 aliphatic carbocycles. The Morgan fingerprint density at radius 3 is 1.95 bits per heavy atom. The number of unbranched alkanes of at least 4 members (excludes halogenated alkanes) is 2. The van der Waals surface area contributed by atoms with Crippen LogP contribution in [0.1, 0.15) is 150 Å². The van der Waals surface area contributed by atoms with E-state index >= 15 is 0 Å². The number of rotatable bonds is 41. The second-order valence-electron chi connectivity index (χ2n) is 27.4. The van der Waals surface area contributed by atoms with E-state index in [1.165, 1.54) is 26.4 Å². The smallest absolute Gasteiger partial charge is 0.312 e. The number of para-hydroxylation sites is 1. The molecule has 9 amide bonds. The molecule has 1 aromatic heterocycles. The van der Waals surface area contributed by atoms with Gasteiger partial charge in [0.15, 0.2) is 11.6 Å². The lowest BCUT2D eigenvalue weighted by molar-refractivity contribution is -0.148. The largest absolute Gasteiger partial charge is 0.379 e. The summed E-state index contributed by atoms with van der Waals surface area (Å²) < 4.78 is 12.3. The number of urea groups is 1. The molecular weight excluding hydrogens is 1220 g/mol. The Morgan fingerprint density at radius 2 is 1.34 bits per heavy atom. The number of benzene rings is 2. The van der Waals surface area contributed by atoms with Crippen LogP contribution in [0.3, 0.4) is 0 Å². The molecule has 2 aliphatic rings. The van der Waals surface area contributed by atoms with E-state index in [0.29, 0.717) is 68.2 Å². The van der Waals surface area contributed by atoms with Crippen molar-refractivity contribution in [2.75, 3.05) is 55.0 Å².